The number of benzene rings is 1. The molecule has 0 atom stereocenters. The second kappa shape index (κ2) is 8.07. The van der Waals surface area contributed by atoms with Gasteiger partial charge in [-0.3, -0.25) is 9.78 Å². The highest BCUT2D eigenvalue weighted by Crippen LogP contribution is 2.13. The van der Waals surface area contributed by atoms with E-state index in [-0.39, 0.29) is 18.5 Å². The van der Waals surface area contributed by atoms with E-state index >= 15 is 0 Å². The summed E-state index contributed by atoms with van der Waals surface area (Å²) >= 11 is 0. The van der Waals surface area contributed by atoms with Gasteiger partial charge in [-0.1, -0.05) is 36.4 Å². The summed E-state index contributed by atoms with van der Waals surface area (Å²) in [5.41, 5.74) is 3.05. The Balaban J connectivity index is 0.00000200. The molecule has 1 aromatic heterocycles. The molecule has 20 heavy (non-hydrogen) atoms. The zero-order valence-electron chi connectivity index (χ0n) is 11.7. The van der Waals surface area contributed by atoms with E-state index in [2.05, 4.69) is 17.1 Å². The molecule has 0 aliphatic rings. The Morgan fingerprint density at radius 1 is 1.15 bits per heavy atom. The lowest BCUT2D eigenvalue weighted by atomic mass is 10.0. The van der Waals surface area contributed by atoms with Gasteiger partial charge in [-0.05, 0) is 24.1 Å². The number of ether oxygens (including phenoxy) is 1. The fourth-order valence-corrected chi connectivity index (χ4v) is 1.95. The van der Waals surface area contributed by atoms with Gasteiger partial charge in [0.05, 0.1) is 13.0 Å². The van der Waals surface area contributed by atoms with E-state index in [4.69, 9.17) is 4.74 Å². The Bertz CT molecular complexity index is 541. The lowest BCUT2D eigenvalue weighted by Gasteiger charge is -2.08. The van der Waals surface area contributed by atoms with Gasteiger partial charge in [0, 0.05) is 18.3 Å². The van der Waals surface area contributed by atoms with Crippen LogP contribution in [0.15, 0.2) is 48.7 Å². The van der Waals surface area contributed by atoms with Crippen molar-refractivity contribution in [3.05, 3.63) is 65.5 Å². The van der Waals surface area contributed by atoms with Crippen LogP contribution in [0.1, 0.15) is 23.7 Å². The molecular weight excluding hydrogens is 252 g/mol. The lowest BCUT2D eigenvalue weighted by Crippen LogP contribution is -2.10. The maximum absolute atomic E-state index is 11.6. The highest BCUT2D eigenvalue weighted by atomic mass is 16.5. The van der Waals surface area contributed by atoms with Crippen molar-refractivity contribution in [3.63, 3.8) is 0 Å². The molecule has 4 nitrogen and oxygen atoms in total. The van der Waals surface area contributed by atoms with Gasteiger partial charge in [0.25, 0.3) is 0 Å². The monoisotopic (exact) mass is 272 g/mol. The molecule has 0 unspecified atom stereocenters. The lowest BCUT2D eigenvalue weighted by molar-refractivity contribution is -0.142. The second-order valence-electron chi connectivity index (χ2n) is 4.25. The molecule has 2 rings (SSSR count). The van der Waals surface area contributed by atoms with Gasteiger partial charge in [0.1, 0.15) is 0 Å². The van der Waals surface area contributed by atoms with Gasteiger partial charge in [0.2, 0.25) is 0 Å². The van der Waals surface area contributed by atoms with Crippen molar-refractivity contribution in [1.82, 2.24) is 11.1 Å². The van der Waals surface area contributed by atoms with E-state index in [1.807, 2.05) is 37.3 Å². The fraction of sp³-hybridized carbons (Fsp3) is 0.250. The number of hydrogen-bond donors (Lipinski definition) is 1. The summed E-state index contributed by atoms with van der Waals surface area (Å²) in [5, 5.41) is 0. The van der Waals surface area contributed by atoms with Crippen molar-refractivity contribution in [1.29, 1.82) is 0 Å². The van der Waals surface area contributed by atoms with Gasteiger partial charge in [-0.15, -0.1) is 0 Å². The summed E-state index contributed by atoms with van der Waals surface area (Å²) in [5.74, 6) is -0.204. The maximum atomic E-state index is 11.6. The standard InChI is InChI=1S/C16H17NO2.H3N/c1-2-19-16(18)12-14-9-6-10-17-15(14)11-13-7-4-3-5-8-13;/h3-10H,2,11-12H2,1H3;1H3. The predicted octanol–water partition coefficient (Wildman–Crippen LogP) is 2.94. The highest BCUT2D eigenvalue weighted by Gasteiger charge is 2.09. The molecule has 106 valence electrons. The fourth-order valence-electron chi connectivity index (χ4n) is 1.95. The molecular formula is C16H20N2O2. The summed E-state index contributed by atoms with van der Waals surface area (Å²) in [6.07, 6.45) is 2.77. The smallest absolute Gasteiger partial charge is 0.310 e. The summed E-state index contributed by atoms with van der Waals surface area (Å²) in [4.78, 5) is 15.9. The number of pyridine rings is 1. The topological polar surface area (TPSA) is 74.2 Å². The Kier molecular flexibility index (Phi) is 6.40. The largest absolute Gasteiger partial charge is 0.466 e. The number of nitrogens with zero attached hydrogens (tertiary/aromatic N) is 1. The first-order chi connectivity index (χ1) is 9.29. The van der Waals surface area contributed by atoms with E-state index in [1.165, 1.54) is 5.56 Å². The molecule has 0 saturated heterocycles. The van der Waals surface area contributed by atoms with E-state index in [0.717, 1.165) is 17.7 Å². The summed E-state index contributed by atoms with van der Waals surface area (Å²) in [6.45, 7) is 2.22. The van der Waals surface area contributed by atoms with Gasteiger partial charge < -0.3 is 10.9 Å². The quantitative estimate of drug-likeness (QED) is 0.849. The Morgan fingerprint density at radius 2 is 1.90 bits per heavy atom. The van der Waals surface area contributed by atoms with Crippen LogP contribution in [0, 0.1) is 0 Å². The molecule has 0 aliphatic carbocycles. The van der Waals surface area contributed by atoms with Crippen LogP contribution in [0.2, 0.25) is 0 Å². The highest BCUT2D eigenvalue weighted by molar-refractivity contribution is 5.72. The number of esters is 1. The zero-order valence-corrected chi connectivity index (χ0v) is 11.7. The Labute approximate surface area is 119 Å². The number of aromatic nitrogens is 1. The molecule has 3 N–H and O–H groups in total. The molecule has 4 heteroatoms. The van der Waals surface area contributed by atoms with E-state index in [9.17, 15) is 4.79 Å². The number of carbonyl (C=O) groups is 1. The number of rotatable bonds is 5. The first kappa shape index (κ1) is 15.9. The van der Waals surface area contributed by atoms with Crippen LogP contribution >= 0.6 is 0 Å². The SMILES string of the molecule is CCOC(=O)Cc1cccnc1Cc1ccccc1.N. The first-order valence-corrected chi connectivity index (χ1v) is 6.42. The summed E-state index contributed by atoms with van der Waals surface area (Å²) in [6, 6.07) is 13.9. The summed E-state index contributed by atoms with van der Waals surface area (Å²) in [7, 11) is 0. The average molecular weight is 272 g/mol. The van der Waals surface area contributed by atoms with Gasteiger partial charge in [0.15, 0.2) is 0 Å². The molecule has 1 heterocycles. The molecule has 2 aromatic rings. The van der Waals surface area contributed by atoms with E-state index < -0.39 is 0 Å². The maximum Gasteiger partial charge on any atom is 0.310 e. The molecule has 0 amide bonds. The minimum absolute atomic E-state index is 0. The van der Waals surface area contributed by atoms with Crippen LogP contribution in [0.25, 0.3) is 0 Å². The summed E-state index contributed by atoms with van der Waals surface area (Å²) < 4.78 is 4.98. The van der Waals surface area contributed by atoms with Crippen molar-refractivity contribution in [2.24, 2.45) is 0 Å². The average Bonchev–Trinajstić information content (AvgIpc) is 2.42. The third-order valence-corrected chi connectivity index (χ3v) is 2.84. The first-order valence-electron chi connectivity index (χ1n) is 6.42. The van der Waals surface area contributed by atoms with E-state index in [0.29, 0.717) is 6.61 Å². The van der Waals surface area contributed by atoms with Crippen molar-refractivity contribution in [2.75, 3.05) is 6.61 Å². The van der Waals surface area contributed by atoms with Gasteiger partial charge in [-0.25, -0.2) is 0 Å². The molecule has 0 spiro atoms. The Morgan fingerprint density at radius 3 is 2.60 bits per heavy atom. The molecule has 0 bridgehead atoms. The van der Waals surface area contributed by atoms with Crippen LogP contribution in [0.4, 0.5) is 0 Å². The minimum Gasteiger partial charge on any atom is -0.466 e. The number of hydrogen-bond acceptors (Lipinski definition) is 4. The van der Waals surface area contributed by atoms with Gasteiger partial charge >= 0.3 is 5.97 Å². The van der Waals surface area contributed by atoms with Crippen LogP contribution in [0.5, 0.6) is 0 Å². The predicted molar refractivity (Wildman–Crippen MR) is 78.8 cm³/mol. The third kappa shape index (κ3) is 4.48. The normalized spacial score (nSPS) is 9.65. The van der Waals surface area contributed by atoms with Crippen molar-refractivity contribution in [3.8, 4) is 0 Å². The third-order valence-electron chi connectivity index (χ3n) is 2.84. The molecule has 0 aliphatic heterocycles. The van der Waals surface area contributed by atoms with Crippen LogP contribution < -0.4 is 6.15 Å². The second-order valence-corrected chi connectivity index (χ2v) is 4.25. The van der Waals surface area contributed by atoms with Crippen molar-refractivity contribution < 1.29 is 9.53 Å². The van der Waals surface area contributed by atoms with Crippen LogP contribution in [0.3, 0.4) is 0 Å². The van der Waals surface area contributed by atoms with Crippen LogP contribution in [-0.4, -0.2) is 17.6 Å². The Hall–Kier alpha value is -2.20. The molecule has 0 saturated carbocycles. The molecule has 0 fully saturated rings. The minimum atomic E-state index is -0.204. The molecule has 0 radical (unpaired) electrons. The van der Waals surface area contributed by atoms with Crippen molar-refractivity contribution in [2.45, 2.75) is 19.8 Å². The zero-order chi connectivity index (χ0) is 13.5. The van der Waals surface area contributed by atoms with Crippen molar-refractivity contribution >= 4 is 5.97 Å². The van der Waals surface area contributed by atoms with E-state index in [1.54, 1.807) is 6.20 Å². The van der Waals surface area contributed by atoms with Gasteiger partial charge in [-0.2, -0.15) is 0 Å². The number of carbonyl (C=O) groups excluding carboxylic acids is 1. The van der Waals surface area contributed by atoms with Crippen LogP contribution in [-0.2, 0) is 22.4 Å². The molecule has 1 aromatic carbocycles.